The second-order valence-electron chi connectivity index (χ2n) is 6.64. The van der Waals surface area contributed by atoms with Gasteiger partial charge in [-0.3, -0.25) is 4.79 Å². The smallest absolute Gasteiger partial charge is 0.335 e. The molecule has 28 heavy (non-hydrogen) atoms. The van der Waals surface area contributed by atoms with Gasteiger partial charge in [0.2, 0.25) is 0 Å². The Labute approximate surface area is 170 Å². The van der Waals surface area contributed by atoms with Gasteiger partial charge in [0, 0.05) is 15.7 Å². The van der Waals surface area contributed by atoms with Crippen LogP contribution in [0.2, 0.25) is 0 Å². The van der Waals surface area contributed by atoms with Crippen molar-refractivity contribution in [2.45, 2.75) is 6.92 Å². The van der Waals surface area contributed by atoms with Crippen LogP contribution in [0.4, 0.5) is 11.4 Å². The van der Waals surface area contributed by atoms with Crippen molar-refractivity contribution in [2.75, 3.05) is 5.32 Å². The number of hydrogen-bond acceptors (Lipinski definition) is 3. The lowest BCUT2D eigenvalue weighted by molar-refractivity contribution is 0.0696. The number of rotatable bonds is 3. The molecule has 4 rings (SSSR count). The molecule has 3 aromatic rings. The van der Waals surface area contributed by atoms with Crippen LogP contribution in [0.1, 0.15) is 38.8 Å². The van der Waals surface area contributed by atoms with E-state index in [0.717, 1.165) is 26.0 Å². The van der Waals surface area contributed by atoms with Crippen LogP contribution in [-0.2, 0) is 0 Å². The van der Waals surface area contributed by atoms with Crippen molar-refractivity contribution in [2.24, 2.45) is 0 Å². The summed E-state index contributed by atoms with van der Waals surface area (Å²) < 4.78 is 0.794. The molecule has 0 radical (unpaired) electrons. The van der Waals surface area contributed by atoms with Crippen LogP contribution in [0.5, 0.6) is 0 Å². The Hall–Kier alpha value is -3.18. The summed E-state index contributed by atoms with van der Waals surface area (Å²) in [7, 11) is 0. The number of carbonyl (C=O) groups is 2. The maximum atomic E-state index is 13.3. The summed E-state index contributed by atoms with van der Waals surface area (Å²) in [5, 5.41) is 13.9. The first-order chi connectivity index (χ1) is 13.4. The van der Waals surface area contributed by atoms with Crippen molar-refractivity contribution in [3.63, 3.8) is 0 Å². The quantitative estimate of drug-likeness (QED) is 0.653. The van der Waals surface area contributed by atoms with Gasteiger partial charge in [0.15, 0.2) is 5.78 Å². The number of carboxylic acids is 1. The Morgan fingerprint density at radius 2 is 1.71 bits per heavy atom. The van der Waals surface area contributed by atoms with Crippen LogP contribution >= 0.6 is 15.9 Å². The van der Waals surface area contributed by atoms with Gasteiger partial charge in [-0.05, 0) is 58.8 Å². The van der Waals surface area contributed by atoms with E-state index in [1.54, 1.807) is 12.1 Å². The van der Waals surface area contributed by atoms with E-state index in [0.29, 0.717) is 22.5 Å². The van der Waals surface area contributed by atoms with Crippen molar-refractivity contribution >= 4 is 51.2 Å². The van der Waals surface area contributed by atoms with Crippen LogP contribution in [0.3, 0.4) is 0 Å². The van der Waals surface area contributed by atoms with Crippen molar-refractivity contribution in [3.8, 4) is 0 Å². The number of fused-ring (bicyclic) bond motifs is 2. The zero-order valence-electron chi connectivity index (χ0n) is 15.0. The fraction of sp³-hybridized carbons (Fsp3) is 0.0435. The number of ketones is 1. The van der Waals surface area contributed by atoms with E-state index in [4.69, 9.17) is 5.11 Å². The molecule has 138 valence electrons. The molecule has 0 bridgehead atoms. The summed E-state index contributed by atoms with van der Waals surface area (Å²) >= 11 is 3.55. The summed E-state index contributed by atoms with van der Waals surface area (Å²) in [6.45, 7) is 6.15. The third-order valence-electron chi connectivity index (χ3n) is 4.97. The van der Waals surface area contributed by atoms with Crippen LogP contribution in [0, 0.1) is 0 Å². The molecule has 0 unspecified atom stereocenters. The van der Waals surface area contributed by atoms with Crippen LogP contribution < -0.4 is 15.8 Å². The van der Waals surface area contributed by atoms with Gasteiger partial charge in [0.1, 0.15) is 0 Å². The fourth-order valence-corrected chi connectivity index (χ4v) is 4.00. The zero-order valence-corrected chi connectivity index (χ0v) is 16.6. The van der Waals surface area contributed by atoms with Crippen LogP contribution in [0.25, 0.3) is 12.2 Å². The highest BCUT2D eigenvalue weighted by Crippen LogP contribution is 2.29. The summed E-state index contributed by atoms with van der Waals surface area (Å²) in [5.41, 5.74) is 4.71. The summed E-state index contributed by atoms with van der Waals surface area (Å²) in [6.07, 6.45) is 0. The van der Waals surface area contributed by atoms with E-state index in [9.17, 15) is 9.59 Å². The van der Waals surface area contributed by atoms with Crippen molar-refractivity contribution in [1.29, 1.82) is 0 Å². The van der Waals surface area contributed by atoms with Gasteiger partial charge in [-0.1, -0.05) is 46.8 Å². The molecule has 1 aliphatic rings. The van der Waals surface area contributed by atoms with Crippen LogP contribution in [0.15, 0.2) is 59.1 Å². The summed E-state index contributed by atoms with van der Waals surface area (Å²) in [5.74, 6) is -1.04. The van der Waals surface area contributed by atoms with Crippen molar-refractivity contribution < 1.29 is 14.7 Å². The average molecular weight is 434 g/mol. The van der Waals surface area contributed by atoms with Crippen molar-refractivity contribution in [3.05, 3.63) is 91.8 Å². The lowest BCUT2D eigenvalue weighted by atomic mass is 9.85. The number of carbonyl (C=O) groups excluding carboxylic acids is 1. The molecule has 0 aromatic heterocycles. The highest BCUT2D eigenvalue weighted by atomic mass is 79.9. The molecule has 1 aliphatic carbocycles. The predicted octanol–water partition coefficient (Wildman–Crippen LogP) is 4.06. The number of benzene rings is 3. The molecule has 0 saturated carbocycles. The molecule has 2 N–H and O–H groups in total. The first kappa shape index (κ1) is 18.2. The third-order valence-corrected chi connectivity index (χ3v) is 5.68. The molecular formula is C23H16BrNO3. The minimum absolute atomic E-state index is 0.0572. The first-order valence-corrected chi connectivity index (χ1v) is 9.44. The lowest BCUT2D eigenvalue weighted by Gasteiger charge is -2.21. The zero-order chi connectivity index (χ0) is 20.0. The van der Waals surface area contributed by atoms with Gasteiger partial charge in [-0.15, -0.1) is 0 Å². The van der Waals surface area contributed by atoms with Gasteiger partial charge in [0.25, 0.3) is 0 Å². The maximum Gasteiger partial charge on any atom is 0.335 e. The summed E-state index contributed by atoms with van der Waals surface area (Å²) in [4.78, 5) is 24.4. The Balaban J connectivity index is 1.93. The van der Waals surface area contributed by atoms with E-state index in [1.807, 2.05) is 37.3 Å². The molecule has 0 atom stereocenters. The topological polar surface area (TPSA) is 66.4 Å². The molecule has 5 heteroatoms. The minimum atomic E-state index is -0.981. The lowest BCUT2D eigenvalue weighted by Crippen LogP contribution is -2.37. The standard InChI is InChI=1S/C23H16BrNO3/c1-12-16-5-3-4-6-17(16)22(26)21-19(11-18(24)13(2)20(12)21)25-15-9-7-14(8-10-15)23(27)28/h3-11,25H,2H2,1H3,(H,27,28). The first-order valence-electron chi connectivity index (χ1n) is 8.65. The normalized spacial score (nSPS) is 12.4. The number of anilines is 2. The number of carboxylic acid groups (broad SMARTS) is 1. The van der Waals surface area contributed by atoms with Gasteiger partial charge in [-0.25, -0.2) is 4.79 Å². The van der Waals surface area contributed by atoms with Gasteiger partial charge >= 0.3 is 5.97 Å². The summed E-state index contributed by atoms with van der Waals surface area (Å²) in [6, 6.07) is 15.8. The minimum Gasteiger partial charge on any atom is -0.478 e. The fourth-order valence-electron chi connectivity index (χ4n) is 3.57. The Morgan fingerprint density at radius 3 is 2.36 bits per heavy atom. The van der Waals surface area contributed by atoms with Gasteiger partial charge in [-0.2, -0.15) is 0 Å². The molecule has 0 saturated heterocycles. The van der Waals surface area contributed by atoms with E-state index >= 15 is 0 Å². The molecule has 0 amide bonds. The van der Waals surface area contributed by atoms with E-state index in [1.165, 1.54) is 12.1 Å². The predicted molar refractivity (Wildman–Crippen MR) is 114 cm³/mol. The maximum absolute atomic E-state index is 13.3. The van der Waals surface area contributed by atoms with Crippen molar-refractivity contribution in [1.82, 2.24) is 0 Å². The highest BCUT2D eigenvalue weighted by molar-refractivity contribution is 9.10. The second kappa shape index (κ2) is 6.77. The number of nitrogens with one attached hydrogen (secondary N) is 1. The Bertz CT molecular complexity index is 1260. The van der Waals surface area contributed by atoms with E-state index in [2.05, 4.69) is 27.8 Å². The Kier molecular flexibility index (Phi) is 4.40. The number of halogens is 1. The second-order valence-corrected chi connectivity index (χ2v) is 7.50. The average Bonchev–Trinajstić information content (AvgIpc) is 2.69. The molecule has 3 aromatic carbocycles. The van der Waals surface area contributed by atoms with Crippen LogP contribution in [-0.4, -0.2) is 16.9 Å². The Morgan fingerprint density at radius 1 is 1.07 bits per heavy atom. The number of hydrogen-bond donors (Lipinski definition) is 2. The monoisotopic (exact) mass is 433 g/mol. The number of aromatic carboxylic acids is 1. The molecule has 0 aliphatic heterocycles. The SMILES string of the molecule is C=c1c(Br)cc(Nc2ccc(C(=O)O)cc2)c2c1=C(C)c1ccccc1C2=O. The molecular weight excluding hydrogens is 418 g/mol. The molecule has 0 spiro atoms. The van der Waals surface area contributed by atoms with E-state index < -0.39 is 5.97 Å². The molecule has 4 nitrogen and oxygen atoms in total. The largest absolute Gasteiger partial charge is 0.478 e. The van der Waals surface area contributed by atoms with E-state index in [-0.39, 0.29) is 11.3 Å². The van der Waals surface area contributed by atoms with Gasteiger partial charge < -0.3 is 10.4 Å². The third kappa shape index (κ3) is 2.84. The highest BCUT2D eigenvalue weighted by Gasteiger charge is 2.25. The molecule has 0 fully saturated rings. The molecule has 0 heterocycles. The van der Waals surface area contributed by atoms with Gasteiger partial charge in [0.05, 0.1) is 16.8 Å².